The molecule has 106 valence electrons. The van der Waals surface area contributed by atoms with E-state index >= 15 is 0 Å². The van der Waals surface area contributed by atoms with Crippen LogP contribution in [0.4, 0.5) is 0 Å². The van der Waals surface area contributed by atoms with Crippen molar-refractivity contribution in [2.45, 2.75) is 45.4 Å². The molecule has 0 bridgehead atoms. The number of hydrogen-bond acceptors (Lipinski definition) is 1. The van der Waals surface area contributed by atoms with Gasteiger partial charge in [-0.25, -0.2) is 0 Å². The van der Waals surface area contributed by atoms with Crippen LogP contribution in [0.25, 0.3) is 0 Å². The molecule has 1 N–H and O–H groups in total. The second-order valence-corrected chi connectivity index (χ2v) is 6.71. The van der Waals surface area contributed by atoms with Gasteiger partial charge in [-0.15, -0.1) is 0 Å². The summed E-state index contributed by atoms with van der Waals surface area (Å²) in [7, 11) is 0. The molecule has 19 heavy (non-hydrogen) atoms. The highest BCUT2D eigenvalue weighted by molar-refractivity contribution is 9.10. The predicted octanol–water partition coefficient (Wildman–Crippen LogP) is 4.80. The van der Waals surface area contributed by atoms with E-state index in [9.17, 15) is 0 Å². The van der Waals surface area contributed by atoms with Crippen LogP contribution in [0.3, 0.4) is 0 Å². The molecule has 1 aromatic rings. The van der Waals surface area contributed by atoms with Gasteiger partial charge in [-0.1, -0.05) is 66.7 Å². The Morgan fingerprint density at radius 3 is 2.68 bits per heavy atom. The fourth-order valence-corrected chi connectivity index (χ4v) is 3.73. The molecule has 2 heteroatoms. The van der Waals surface area contributed by atoms with Crippen molar-refractivity contribution < 1.29 is 0 Å². The van der Waals surface area contributed by atoms with Crippen molar-refractivity contribution in [1.82, 2.24) is 5.32 Å². The first kappa shape index (κ1) is 15.1. The van der Waals surface area contributed by atoms with E-state index in [2.05, 4.69) is 52.4 Å². The minimum Gasteiger partial charge on any atom is -0.317 e. The summed E-state index contributed by atoms with van der Waals surface area (Å²) in [6, 6.07) is 8.68. The molecular weight excluding hydrogens is 298 g/mol. The number of rotatable bonds is 7. The van der Waals surface area contributed by atoms with Gasteiger partial charge in [-0.3, -0.25) is 0 Å². The van der Waals surface area contributed by atoms with E-state index < -0.39 is 0 Å². The first-order valence-electron chi connectivity index (χ1n) is 7.73. The van der Waals surface area contributed by atoms with Crippen LogP contribution in [-0.4, -0.2) is 13.1 Å². The summed E-state index contributed by atoms with van der Waals surface area (Å²) >= 11 is 3.69. The third kappa shape index (κ3) is 4.92. The van der Waals surface area contributed by atoms with Crippen LogP contribution in [-0.2, 0) is 6.42 Å². The molecule has 1 saturated carbocycles. The molecule has 0 spiro atoms. The number of benzene rings is 1. The van der Waals surface area contributed by atoms with Crippen LogP contribution in [0.5, 0.6) is 0 Å². The van der Waals surface area contributed by atoms with Crippen molar-refractivity contribution in [3.8, 4) is 0 Å². The SMILES string of the molecule is CCNCC(Cc1ccccc1Br)CC1CCCC1. The second-order valence-electron chi connectivity index (χ2n) is 5.86. The Balaban J connectivity index is 1.94. The molecule has 1 nitrogen and oxygen atoms in total. The topological polar surface area (TPSA) is 12.0 Å². The lowest BCUT2D eigenvalue weighted by Crippen LogP contribution is -2.25. The Labute approximate surface area is 126 Å². The minimum absolute atomic E-state index is 0.779. The van der Waals surface area contributed by atoms with Crippen molar-refractivity contribution in [2.24, 2.45) is 11.8 Å². The summed E-state index contributed by atoms with van der Waals surface area (Å²) < 4.78 is 1.27. The van der Waals surface area contributed by atoms with E-state index in [1.165, 1.54) is 48.6 Å². The smallest absolute Gasteiger partial charge is 0.0207 e. The Morgan fingerprint density at radius 2 is 2.00 bits per heavy atom. The van der Waals surface area contributed by atoms with E-state index in [1.54, 1.807) is 0 Å². The molecule has 1 aromatic carbocycles. The second kappa shape index (κ2) is 8.06. The van der Waals surface area contributed by atoms with Crippen molar-refractivity contribution in [2.75, 3.05) is 13.1 Å². The van der Waals surface area contributed by atoms with Crippen molar-refractivity contribution in [3.63, 3.8) is 0 Å². The molecule has 1 aliphatic rings. The zero-order chi connectivity index (χ0) is 13.5. The predicted molar refractivity (Wildman–Crippen MR) is 86.5 cm³/mol. The number of nitrogens with one attached hydrogen (secondary N) is 1. The third-order valence-electron chi connectivity index (χ3n) is 4.29. The van der Waals surface area contributed by atoms with Gasteiger partial charge in [0, 0.05) is 4.47 Å². The summed E-state index contributed by atoms with van der Waals surface area (Å²) in [5, 5.41) is 3.55. The normalized spacial score (nSPS) is 17.8. The maximum atomic E-state index is 3.69. The van der Waals surface area contributed by atoms with Crippen LogP contribution < -0.4 is 5.32 Å². The zero-order valence-corrected chi connectivity index (χ0v) is 13.6. The van der Waals surface area contributed by atoms with Crippen LogP contribution in [0.15, 0.2) is 28.7 Å². The minimum atomic E-state index is 0.779. The van der Waals surface area contributed by atoms with E-state index in [1.807, 2.05) is 0 Å². The number of halogens is 1. The third-order valence-corrected chi connectivity index (χ3v) is 5.06. The van der Waals surface area contributed by atoms with Crippen LogP contribution in [0, 0.1) is 11.8 Å². The molecule has 0 heterocycles. The lowest BCUT2D eigenvalue weighted by atomic mass is 9.88. The molecule has 0 saturated heterocycles. The maximum Gasteiger partial charge on any atom is 0.0207 e. The summed E-state index contributed by atoms with van der Waals surface area (Å²) in [4.78, 5) is 0. The van der Waals surface area contributed by atoms with E-state index in [0.717, 1.165) is 24.9 Å². The average Bonchev–Trinajstić information content (AvgIpc) is 2.91. The van der Waals surface area contributed by atoms with Crippen LogP contribution in [0.2, 0.25) is 0 Å². The van der Waals surface area contributed by atoms with Crippen LogP contribution in [0.1, 0.15) is 44.6 Å². The number of hydrogen-bond donors (Lipinski definition) is 1. The van der Waals surface area contributed by atoms with E-state index in [-0.39, 0.29) is 0 Å². The van der Waals surface area contributed by atoms with E-state index in [0.29, 0.717) is 0 Å². The fourth-order valence-electron chi connectivity index (χ4n) is 3.28. The Hall–Kier alpha value is -0.340. The molecule has 0 radical (unpaired) electrons. The quantitative estimate of drug-likeness (QED) is 0.760. The molecule has 1 aliphatic carbocycles. The lowest BCUT2D eigenvalue weighted by molar-refractivity contribution is 0.359. The molecule has 2 rings (SSSR count). The van der Waals surface area contributed by atoms with Gasteiger partial charge in [-0.2, -0.15) is 0 Å². The summed E-state index contributed by atoms with van der Waals surface area (Å²) in [6.45, 7) is 4.44. The lowest BCUT2D eigenvalue weighted by Gasteiger charge is -2.21. The maximum absolute atomic E-state index is 3.69. The monoisotopic (exact) mass is 323 g/mol. The van der Waals surface area contributed by atoms with Gasteiger partial charge in [0.1, 0.15) is 0 Å². The standard InChI is InChI=1S/C17H26BrN/c1-2-19-13-15(11-14-7-3-4-8-14)12-16-9-5-6-10-17(16)18/h5-6,9-10,14-15,19H,2-4,7-8,11-13H2,1H3. The highest BCUT2D eigenvalue weighted by Crippen LogP contribution is 2.32. The Bertz CT molecular complexity index is 371. The van der Waals surface area contributed by atoms with Gasteiger partial charge < -0.3 is 5.32 Å². The summed E-state index contributed by atoms with van der Waals surface area (Å²) in [5.41, 5.74) is 1.46. The molecule has 1 atom stereocenters. The van der Waals surface area contributed by atoms with Crippen molar-refractivity contribution >= 4 is 15.9 Å². The van der Waals surface area contributed by atoms with Crippen molar-refractivity contribution in [3.05, 3.63) is 34.3 Å². The molecule has 0 amide bonds. The zero-order valence-electron chi connectivity index (χ0n) is 12.0. The summed E-state index contributed by atoms with van der Waals surface area (Å²) in [5.74, 6) is 1.76. The first-order valence-corrected chi connectivity index (χ1v) is 8.53. The summed E-state index contributed by atoms with van der Waals surface area (Å²) in [6.07, 6.45) is 8.41. The molecule has 0 aliphatic heterocycles. The van der Waals surface area contributed by atoms with Crippen LogP contribution >= 0.6 is 15.9 Å². The van der Waals surface area contributed by atoms with Crippen molar-refractivity contribution in [1.29, 1.82) is 0 Å². The van der Waals surface area contributed by atoms with Gasteiger partial charge in [-0.05, 0) is 49.4 Å². The molecule has 1 unspecified atom stereocenters. The fraction of sp³-hybridized carbons (Fsp3) is 0.647. The molecule has 1 fully saturated rings. The molecule has 0 aromatic heterocycles. The van der Waals surface area contributed by atoms with Gasteiger partial charge >= 0.3 is 0 Å². The molecular formula is C17H26BrN. The largest absolute Gasteiger partial charge is 0.317 e. The van der Waals surface area contributed by atoms with Gasteiger partial charge in [0.2, 0.25) is 0 Å². The Morgan fingerprint density at radius 1 is 1.26 bits per heavy atom. The van der Waals surface area contributed by atoms with Gasteiger partial charge in [0.25, 0.3) is 0 Å². The average molecular weight is 324 g/mol. The highest BCUT2D eigenvalue weighted by Gasteiger charge is 2.20. The Kier molecular flexibility index (Phi) is 6.39. The van der Waals surface area contributed by atoms with Gasteiger partial charge in [0.15, 0.2) is 0 Å². The highest BCUT2D eigenvalue weighted by atomic mass is 79.9. The first-order chi connectivity index (χ1) is 9.29. The van der Waals surface area contributed by atoms with E-state index in [4.69, 9.17) is 0 Å². The van der Waals surface area contributed by atoms with Gasteiger partial charge in [0.05, 0.1) is 0 Å².